The third-order valence-electron chi connectivity index (χ3n) is 6.67. The Morgan fingerprint density at radius 2 is 1.94 bits per heavy atom. The Balaban J connectivity index is 1.33. The van der Waals surface area contributed by atoms with Gasteiger partial charge in [-0.1, -0.05) is 0 Å². The van der Waals surface area contributed by atoms with E-state index in [0.717, 1.165) is 24.7 Å². The van der Waals surface area contributed by atoms with Crippen molar-refractivity contribution < 1.29 is 9.18 Å². The second-order valence-electron chi connectivity index (χ2n) is 9.45. The number of piperazine rings is 1. The predicted molar refractivity (Wildman–Crippen MR) is 129 cm³/mol. The van der Waals surface area contributed by atoms with Crippen LogP contribution in [0.4, 0.5) is 15.8 Å². The number of carbonyl (C=O) groups excluding carboxylic acids is 1. The van der Waals surface area contributed by atoms with Gasteiger partial charge in [-0.3, -0.25) is 14.8 Å². The van der Waals surface area contributed by atoms with E-state index in [1.807, 2.05) is 6.07 Å². The van der Waals surface area contributed by atoms with Gasteiger partial charge in [-0.05, 0) is 44.7 Å². The first kappa shape index (κ1) is 21.0. The maximum Gasteiger partial charge on any atom is 0.257 e. The highest BCUT2D eigenvalue weighted by Crippen LogP contribution is 2.36. The van der Waals surface area contributed by atoms with E-state index in [1.165, 1.54) is 18.9 Å². The van der Waals surface area contributed by atoms with Crippen molar-refractivity contribution in [3.8, 4) is 0 Å². The zero-order chi connectivity index (χ0) is 23.4. The van der Waals surface area contributed by atoms with Crippen molar-refractivity contribution in [2.45, 2.75) is 38.8 Å². The number of anilines is 2. The molecule has 8 nitrogen and oxygen atoms in total. The summed E-state index contributed by atoms with van der Waals surface area (Å²) in [6.45, 7) is 5.78. The number of pyridine rings is 1. The molecule has 2 atom stereocenters. The van der Waals surface area contributed by atoms with Crippen LogP contribution in [0.25, 0.3) is 16.7 Å². The summed E-state index contributed by atoms with van der Waals surface area (Å²) in [5, 5.41) is 6.53. The van der Waals surface area contributed by atoms with Crippen LogP contribution in [0.1, 0.15) is 35.8 Å². The number of aromatic nitrogens is 4. The van der Waals surface area contributed by atoms with Gasteiger partial charge >= 0.3 is 0 Å². The Hall–Kier alpha value is -3.59. The predicted octanol–water partition coefficient (Wildman–Crippen LogP) is 3.55. The van der Waals surface area contributed by atoms with Crippen LogP contribution in [-0.2, 0) is 0 Å². The van der Waals surface area contributed by atoms with Crippen molar-refractivity contribution in [2.75, 3.05) is 23.3 Å². The van der Waals surface area contributed by atoms with Gasteiger partial charge in [-0.25, -0.2) is 9.37 Å². The quantitative estimate of drug-likeness (QED) is 0.485. The maximum absolute atomic E-state index is 14.5. The molecule has 4 heterocycles. The van der Waals surface area contributed by atoms with Gasteiger partial charge in [0.05, 0.1) is 22.6 Å². The molecule has 6 rings (SSSR count). The molecule has 34 heavy (non-hydrogen) atoms. The molecule has 0 spiro atoms. The van der Waals surface area contributed by atoms with Crippen LogP contribution in [0.5, 0.6) is 0 Å². The van der Waals surface area contributed by atoms with Crippen LogP contribution in [-0.4, -0.2) is 50.4 Å². The molecule has 1 aliphatic carbocycles. The number of carbonyl (C=O) groups is 1. The molecule has 1 amide bonds. The first-order valence-corrected chi connectivity index (χ1v) is 11.7. The Kier molecular flexibility index (Phi) is 4.95. The molecule has 2 aliphatic rings. The number of imidazole rings is 1. The SMILES string of the molecule is Cc1cn2cc(NC(=O)c3ccc(N4CC(C)NC(C5CC5)C4)c4nccnc34)cc(F)c2n1. The minimum atomic E-state index is -0.496. The summed E-state index contributed by atoms with van der Waals surface area (Å²) in [6.07, 6.45) is 9.18. The molecule has 2 fully saturated rings. The van der Waals surface area contributed by atoms with Gasteiger partial charge < -0.3 is 19.9 Å². The van der Waals surface area contributed by atoms with Crippen LogP contribution in [0.3, 0.4) is 0 Å². The van der Waals surface area contributed by atoms with Crippen molar-refractivity contribution in [3.63, 3.8) is 0 Å². The molecule has 1 aromatic carbocycles. The average molecular weight is 460 g/mol. The van der Waals surface area contributed by atoms with Crippen LogP contribution in [0.15, 0.2) is 43.0 Å². The lowest BCUT2D eigenvalue weighted by Gasteiger charge is -2.39. The number of benzene rings is 1. The van der Waals surface area contributed by atoms with Crippen molar-refractivity contribution in [1.82, 2.24) is 24.7 Å². The number of rotatable bonds is 4. The highest BCUT2D eigenvalue weighted by Gasteiger charge is 2.36. The van der Waals surface area contributed by atoms with Crippen LogP contribution in [0, 0.1) is 18.7 Å². The Morgan fingerprint density at radius 1 is 1.15 bits per heavy atom. The smallest absolute Gasteiger partial charge is 0.257 e. The summed E-state index contributed by atoms with van der Waals surface area (Å²) < 4.78 is 16.1. The van der Waals surface area contributed by atoms with Gasteiger partial charge in [0.2, 0.25) is 0 Å². The normalized spacial score (nSPS) is 20.7. The lowest BCUT2D eigenvalue weighted by molar-refractivity contribution is 0.102. The van der Waals surface area contributed by atoms with E-state index in [4.69, 9.17) is 0 Å². The lowest BCUT2D eigenvalue weighted by atomic mass is 10.0. The molecular weight excluding hydrogens is 433 g/mol. The molecule has 1 saturated carbocycles. The highest BCUT2D eigenvalue weighted by molar-refractivity contribution is 6.13. The zero-order valence-electron chi connectivity index (χ0n) is 19.1. The van der Waals surface area contributed by atoms with E-state index in [1.54, 1.807) is 42.2 Å². The van der Waals surface area contributed by atoms with Crippen molar-refractivity contribution in [3.05, 3.63) is 60.1 Å². The van der Waals surface area contributed by atoms with Gasteiger partial charge in [-0.15, -0.1) is 0 Å². The molecule has 1 aliphatic heterocycles. The van der Waals surface area contributed by atoms with Gasteiger partial charge in [0, 0.05) is 56.0 Å². The number of nitrogens with zero attached hydrogens (tertiary/aromatic N) is 5. The first-order valence-electron chi connectivity index (χ1n) is 11.7. The maximum atomic E-state index is 14.5. The fourth-order valence-corrected chi connectivity index (χ4v) is 5.02. The topological polar surface area (TPSA) is 87.5 Å². The Labute approximate surface area is 196 Å². The van der Waals surface area contributed by atoms with Gasteiger partial charge in [0.15, 0.2) is 11.5 Å². The second-order valence-corrected chi connectivity index (χ2v) is 9.45. The molecule has 3 aromatic heterocycles. The third-order valence-corrected chi connectivity index (χ3v) is 6.67. The van der Waals surface area contributed by atoms with E-state index in [-0.39, 0.29) is 11.6 Å². The Bertz CT molecular complexity index is 1410. The minimum Gasteiger partial charge on any atom is -0.367 e. The number of halogens is 1. The molecule has 174 valence electrons. The summed E-state index contributed by atoms with van der Waals surface area (Å²) >= 11 is 0. The number of aryl methyl sites for hydroxylation is 1. The van der Waals surface area contributed by atoms with Gasteiger partial charge in [0.25, 0.3) is 5.91 Å². The number of nitrogens with one attached hydrogen (secondary N) is 2. The lowest BCUT2D eigenvalue weighted by Crippen LogP contribution is -2.56. The van der Waals surface area contributed by atoms with E-state index in [2.05, 4.69) is 37.4 Å². The summed E-state index contributed by atoms with van der Waals surface area (Å²) in [4.78, 5) is 28.8. The molecule has 2 unspecified atom stereocenters. The molecular formula is C25H26FN7O. The van der Waals surface area contributed by atoms with Crippen molar-refractivity contribution >= 4 is 34.0 Å². The monoisotopic (exact) mass is 459 g/mol. The molecule has 9 heteroatoms. The van der Waals surface area contributed by atoms with Gasteiger partial charge in [0.1, 0.15) is 11.0 Å². The van der Waals surface area contributed by atoms with Crippen LogP contribution >= 0.6 is 0 Å². The number of hydrogen-bond acceptors (Lipinski definition) is 6. The largest absolute Gasteiger partial charge is 0.367 e. The minimum absolute atomic E-state index is 0.228. The number of fused-ring (bicyclic) bond motifs is 2. The van der Waals surface area contributed by atoms with E-state index < -0.39 is 5.82 Å². The Morgan fingerprint density at radius 3 is 2.74 bits per heavy atom. The zero-order valence-corrected chi connectivity index (χ0v) is 19.1. The fourth-order valence-electron chi connectivity index (χ4n) is 5.02. The summed E-state index contributed by atoms with van der Waals surface area (Å²) in [6, 6.07) is 5.86. The average Bonchev–Trinajstić information content (AvgIpc) is 3.59. The number of amides is 1. The summed E-state index contributed by atoms with van der Waals surface area (Å²) in [7, 11) is 0. The summed E-state index contributed by atoms with van der Waals surface area (Å²) in [5.74, 6) is -0.120. The highest BCUT2D eigenvalue weighted by atomic mass is 19.1. The molecule has 0 radical (unpaired) electrons. The molecule has 1 saturated heterocycles. The molecule has 4 aromatic rings. The fraction of sp³-hybridized carbons (Fsp3) is 0.360. The van der Waals surface area contributed by atoms with Crippen molar-refractivity contribution in [2.24, 2.45) is 5.92 Å². The standard InChI is InChI=1S/C25H26FN7O/c1-14-10-32(13-20(29-14)16-3-4-16)21-6-5-18(22-23(21)28-8-7-27-22)25(34)31-17-9-19(26)24-30-15(2)11-33(24)12-17/h5-9,11-12,14,16,20,29H,3-4,10,13H2,1-2H3,(H,31,34). The van der Waals surface area contributed by atoms with E-state index >= 15 is 0 Å². The molecule has 2 N–H and O–H groups in total. The van der Waals surface area contributed by atoms with E-state index in [9.17, 15) is 9.18 Å². The van der Waals surface area contributed by atoms with E-state index in [0.29, 0.717) is 40.1 Å². The van der Waals surface area contributed by atoms with Crippen LogP contribution in [0.2, 0.25) is 0 Å². The van der Waals surface area contributed by atoms with Crippen molar-refractivity contribution in [1.29, 1.82) is 0 Å². The number of hydrogen-bond donors (Lipinski definition) is 2. The molecule has 0 bridgehead atoms. The first-order chi connectivity index (χ1) is 16.5. The van der Waals surface area contributed by atoms with Gasteiger partial charge in [-0.2, -0.15) is 0 Å². The second kappa shape index (κ2) is 8.02. The van der Waals surface area contributed by atoms with Crippen LogP contribution < -0.4 is 15.5 Å². The third kappa shape index (κ3) is 3.75. The summed E-state index contributed by atoms with van der Waals surface area (Å²) in [5.41, 5.74) is 3.89.